The van der Waals surface area contributed by atoms with Gasteiger partial charge in [-0.2, -0.15) is 4.73 Å². The lowest BCUT2D eigenvalue weighted by Gasteiger charge is -2.05. The average Bonchev–Trinajstić information content (AvgIpc) is 2.19. The van der Waals surface area contributed by atoms with Crippen LogP contribution in [-0.4, -0.2) is 7.11 Å². The zero-order chi connectivity index (χ0) is 10.1. The van der Waals surface area contributed by atoms with Crippen molar-refractivity contribution in [1.29, 1.82) is 0 Å². The van der Waals surface area contributed by atoms with E-state index in [0.717, 1.165) is 10.8 Å². The first-order valence-electron chi connectivity index (χ1n) is 4.08. The number of methoxy groups -OCH3 is 1. The zero-order valence-electron chi connectivity index (χ0n) is 7.53. The van der Waals surface area contributed by atoms with Crippen LogP contribution in [0.1, 0.15) is 0 Å². The fourth-order valence-corrected chi connectivity index (χ4v) is 1.53. The second-order valence-electron chi connectivity index (χ2n) is 2.89. The molecular weight excluding hydrogens is 202 g/mol. The lowest BCUT2D eigenvalue weighted by molar-refractivity contribution is -0.601. The Morgan fingerprint density at radius 3 is 2.93 bits per heavy atom. The fourth-order valence-electron chi connectivity index (χ4n) is 1.38. The van der Waals surface area contributed by atoms with Crippen LogP contribution < -0.4 is 9.47 Å². The van der Waals surface area contributed by atoms with Crippen LogP contribution in [0, 0.1) is 5.21 Å². The second kappa shape index (κ2) is 3.35. The molecule has 1 aromatic carbocycles. The average molecular weight is 210 g/mol. The molecule has 72 valence electrons. The quantitative estimate of drug-likeness (QED) is 0.410. The first-order valence-corrected chi connectivity index (χ1v) is 4.45. The van der Waals surface area contributed by atoms with Crippen molar-refractivity contribution < 1.29 is 9.47 Å². The number of hydrogen-bond donors (Lipinski definition) is 0. The summed E-state index contributed by atoms with van der Waals surface area (Å²) in [5, 5.41) is 13.0. The zero-order valence-corrected chi connectivity index (χ0v) is 8.28. The second-order valence-corrected chi connectivity index (χ2v) is 3.27. The minimum Gasteiger partial charge on any atom is -0.618 e. The topological polar surface area (TPSA) is 36.2 Å². The van der Waals surface area contributed by atoms with Gasteiger partial charge in [-0.1, -0.05) is 6.07 Å². The molecule has 0 radical (unpaired) electrons. The van der Waals surface area contributed by atoms with E-state index in [1.54, 1.807) is 13.2 Å². The van der Waals surface area contributed by atoms with Crippen LogP contribution in [-0.2, 0) is 0 Å². The van der Waals surface area contributed by atoms with Gasteiger partial charge in [-0.05, 0) is 23.7 Å². The molecule has 0 aliphatic rings. The van der Waals surface area contributed by atoms with Crippen molar-refractivity contribution in [3.63, 3.8) is 0 Å². The third-order valence-corrected chi connectivity index (χ3v) is 2.33. The first kappa shape index (κ1) is 9.09. The van der Waals surface area contributed by atoms with Gasteiger partial charge in [-0.25, -0.2) is 0 Å². The Morgan fingerprint density at radius 2 is 2.21 bits per heavy atom. The van der Waals surface area contributed by atoms with E-state index < -0.39 is 0 Å². The van der Waals surface area contributed by atoms with Gasteiger partial charge in [-0.15, -0.1) is 0 Å². The number of hydrogen-bond acceptors (Lipinski definition) is 2. The maximum Gasteiger partial charge on any atom is 0.286 e. The van der Waals surface area contributed by atoms with Gasteiger partial charge in [0.1, 0.15) is 5.75 Å². The molecule has 4 heteroatoms. The Morgan fingerprint density at radius 1 is 1.43 bits per heavy atom. The summed E-state index contributed by atoms with van der Waals surface area (Å²) in [6.45, 7) is 0. The minimum absolute atomic E-state index is 0.141. The molecule has 0 N–H and O–H groups in total. The minimum atomic E-state index is 0.141. The van der Waals surface area contributed by atoms with Crippen LogP contribution in [0.3, 0.4) is 0 Å². The predicted molar refractivity (Wildman–Crippen MR) is 54.5 cm³/mol. The van der Waals surface area contributed by atoms with E-state index in [2.05, 4.69) is 0 Å². The molecule has 2 aromatic rings. The summed E-state index contributed by atoms with van der Waals surface area (Å²) in [5.74, 6) is 0.713. The van der Waals surface area contributed by atoms with Crippen molar-refractivity contribution in [1.82, 2.24) is 0 Å². The number of ether oxygens (including phenoxy) is 1. The maximum absolute atomic E-state index is 11.2. The van der Waals surface area contributed by atoms with Gasteiger partial charge in [0.15, 0.2) is 6.20 Å². The molecule has 0 aliphatic carbocycles. The molecule has 0 fully saturated rings. The number of rotatable bonds is 1. The van der Waals surface area contributed by atoms with E-state index in [1.165, 1.54) is 6.20 Å². The largest absolute Gasteiger partial charge is 0.618 e. The SMILES string of the molecule is COc1cccc2c[n+]([O-])c(Cl)cc12. The monoisotopic (exact) mass is 209 g/mol. The van der Waals surface area contributed by atoms with E-state index in [0.29, 0.717) is 10.5 Å². The summed E-state index contributed by atoms with van der Waals surface area (Å²) in [7, 11) is 1.58. The molecule has 14 heavy (non-hydrogen) atoms. The van der Waals surface area contributed by atoms with E-state index in [4.69, 9.17) is 16.3 Å². The van der Waals surface area contributed by atoms with Crippen molar-refractivity contribution in [3.8, 4) is 5.75 Å². The Kier molecular flexibility index (Phi) is 2.17. The van der Waals surface area contributed by atoms with Gasteiger partial charge in [0.2, 0.25) is 0 Å². The van der Waals surface area contributed by atoms with Gasteiger partial charge in [0.05, 0.1) is 12.5 Å². The normalized spacial score (nSPS) is 10.4. The summed E-state index contributed by atoms with van der Waals surface area (Å²) in [5.41, 5.74) is 0. The van der Waals surface area contributed by atoms with Crippen molar-refractivity contribution in [2.24, 2.45) is 0 Å². The molecular formula is C10H8ClNO2. The van der Waals surface area contributed by atoms with Crippen molar-refractivity contribution in [2.75, 3.05) is 7.11 Å². The molecule has 0 saturated heterocycles. The smallest absolute Gasteiger partial charge is 0.286 e. The predicted octanol–water partition coefficient (Wildman–Crippen LogP) is 2.14. The van der Waals surface area contributed by atoms with Crippen LogP contribution in [0.25, 0.3) is 10.8 Å². The highest BCUT2D eigenvalue weighted by Gasteiger charge is 2.08. The third kappa shape index (κ3) is 1.36. The van der Waals surface area contributed by atoms with Gasteiger partial charge in [0, 0.05) is 11.5 Å². The highest BCUT2D eigenvalue weighted by molar-refractivity contribution is 6.29. The number of fused-ring (bicyclic) bond motifs is 1. The summed E-state index contributed by atoms with van der Waals surface area (Å²) in [6, 6.07) is 7.09. The fraction of sp³-hybridized carbons (Fsp3) is 0.100. The molecule has 0 atom stereocenters. The molecule has 0 aliphatic heterocycles. The first-order chi connectivity index (χ1) is 6.72. The summed E-state index contributed by atoms with van der Waals surface area (Å²) in [4.78, 5) is 0. The molecule has 1 aromatic heterocycles. The number of halogens is 1. The summed E-state index contributed by atoms with van der Waals surface area (Å²) >= 11 is 5.71. The molecule has 0 amide bonds. The van der Waals surface area contributed by atoms with E-state index in [9.17, 15) is 5.21 Å². The van der Waals surface area contributed by atoms with E-state index in [-0.39, 0.29) is 5.15 Å². The van der Waals surface area contributed by atoms with Crippen LogP contribution in [0.5, 0.6) is 5.75 Å². The summed E-state index contributed by atoms with van der Waals surface area (Å²) < 4.78 is 5.78. The molecule has 0 bridgehead atoms. The number of pyridine rings is 1. The van der Waals surface area contributed by atoms with E-state index >= 15 is 0 Å². The molecule has 2 rings (SSSR count). The maximum atomic E-state index is 11.2. The number of benzene rings is 1. The highest BCUT2D eigenvalue weighted by Crippen LogP contribution is 2.25. The molecule has 0 spiro atoms. The highest BCUT2D eigenvalue weighted by atomic mass is 35.5. The Balaban J connectivity index is 2.81. The summed E-state index contributed by atoms with van der Waals surface area (Å²) in [6.07, 6.45) is 1.43. The third-order valence-electron chi connectivity index (χ3n) is 2.05. The van der Waals surface area contributed by atoms with Crippen molar-refractivity contribution >= 4 is 22.4 Å². The molecule has 1 heterocycles. The van der Waals surface area contributed by atoms with Crippen molar-refractivity contribution in [3.05, 3.63) is 40.8 Å². The molecule has 0 saturated carbocycles. The molecule has 0 unspecified atom stereocenters. The number of nitrogens with zero attached hydrogens (tertiary/aromatic N) is 1. The van der Waals surface area contributed by atoms with Gasteiger partial charge < -0.3 is 9.94 Å². The lowest BCUT2D eigenvalue weighted by Crippen LogP contribution is -2.26. The van der Waals surface area contributed by atoms with Crippen LogP contribution >= 0.6 is 11.6 Å². The Bertz CT molecular complexity index is 485. The Hall–Kier alpha value is -1.48. The standard InChI is InChI=1S/C10H8ClNO2/c1-14-9-4-2-3-7-6-12(13)10(11)5-8(7)9/h2-6H,1H3. The Labute approximate surface area is 86.1 Å². The van der Waals surface area contributed by atoms with E-state index in [1.807, 2.05) is 18.2 Å². The van der Waals surface area contributed by atoms with Gasteiger partial charge in [0.25, 0.3) is 5.15 Å². The molecule has 3 nitrogen and oxygen atoms in total. The van der Waals surface area contributed by atoms with Crippen LogP contribution in [0.4, 0.5) is 0 Å². The lowest BCUT2D eigenvalue weighted by atomic mass is 10.1. The number of aromatic nitrogens is 1. The van der Waals surface area contributed by atoms with Gasteiger partial charge >= 0.3 is 0 Å². The van der Waals surface area contributed by atoms with Crippen LogP contribution in [0.2, 0.25) is 5.15 Å². The van der Waals surface area contributed by atoms with Gasteiger partial charge in [-0.3, -0.25) is 0 Å². The van der Waals surface area contributed by atoms with Crippen molar-refractivity contribution in [2.45, 2.75) is 0 Å². The van der Waals surface area contributed by atoms with Crippen LogP contribution in [0.15, 0.2) is 30.5 Å².